The Morgan fingerprint density at radius 3 is 2.33 bits per heavy atom. The van der Waals surface area contributed by atoms with Crippen LogP contribution in [0.4, 0.5) is 0 Å². The molecular formula is C30H40O6. The van der Waals surface area contributed by atoms with Crippen LogP contribution in [0.1, 0.15) is 92.1 Å². The van der Waals surface area contributed by atoms with Crippen LogP contribution in [0.25, 0.3) is 0 Å². The number of fused-ring (bicyclic) bond motifs is 5. The summed E-state index contributed by atoms with van der Waals surface area (Å²) >= 11 is 0. The number of carbonyl (C=O) groups is 3. The van der Waals surface area contributed by atoms with Crippen LogP contribution in [0.15, 0.2) is 34.7 Å². The summed E-state index contributed by atoms with van der Waals surface area (Å²) in [4.78, 5) is 38.3. The Morgan fingerprint density at radius 2 is 1.72 bits per heavy atom. The second-order valence-corrected chi connectivity index (χ2v) is 13.0. The molecule has 0 bridgehead atoms. The van der Waals surface area contributed by atoms with Gasteiger partial charge in [0.2, 0.25) is 0 Å². The van der Waals surface area contributed by atoms with Crippen molar-refractivity contribution in [2.45, 2.75) is 98.7 Å². The highest BCUT2D eigenvalue weighted by molar-refractivity contribution is 5.86. The summed E-state index contributed by atoms with van der Waals surface area (Å²) in [6.45, 7) is 13.7. The molecule has 196 valence electrons. The zero-order chi connectivity index (χ0) is 26.3. The summed E-state index contributed by atoms with van der Waals surface area (Å²) in [5.41, 5.74) is 0.887. The molecule has 0 aliphatic heterocycles. The molecule has 1 aromatic heterocycles. The second-order valence-electron chi connectivity index (χ2n) is 13.0. The quantitative estimate of drug-likeness (QED) is 0.377. The minimum absolute atomic E-state index is 0.127. The van der Waals surface area contributed by atoms with Crippen LogP contribution < -0.4 is 0 Å². The molecule has 5 rings (SSSR count). The number of rotatable bonds is 3. The molecule has 0 aromatic carbocycles. The van der Waals surface area contributed by atoms with Crippen molar-refractivity contribution >= 4 is 17.7 Å². The maximum Gasteiger partial charge on any atom is 0.303 e. The predicted octanol–water partition coefficient (Wildman–Crippen LogP) is 6.00. The minimum atomic E-state index is -0.701. The van der Waals surface area contributed by atoms with Crippen molar-refractivity contribution in [3.63, 3.8) is 0 Å². The molecule has 4 aliphatic rings. The number of allylic oxidation sites excluding steroid dienone is 1. The van der Waals surface area contributed by atoms with Crippen LogP contribution in [-0.2, 0) is 23.9 Å². The van der Waals surface area contributed by atoms with Gasteiger partial charge in [0.25, 0.3) is 0 Å². The second kappa shape index (κ2) is 8.06. The Labute approximate surface area is 214 Å². The maximum atomic E-state index is 13.3. The molecule has 3 saturated carbocycles. The van der Waals surface area contributed by atoms with Gasteiger partial charge in [-0.25, -0.2) is 0 Å². The lowest BCUT2D eigenvalue weighted by atomic mass is 9.36. The molecule has 1 heterocycles. The molecule has 0 saturated heterocycles. The summed E-state index contributed by atoms with van der Waals surface area (Å²) in [5, 5.41) is 0. The molecule has 4 aliphatic carbocycles. The van der Waals surface area contributed by atoms with E-state index in [2.05, 4.69) is 32.9 Å². The lowest BCUT2D eigenvalue weighted by molar-refractivity contribution is -0.252. The zero-order valence-corrected chi connectivity index (χ0v) is 22.7. The summed E-state index contributed by atoms with van der Waals surface area (Å²) < 4.78 is 17.8. The molecule has 3 fully saturated rings. The third-order valence-corrected chi connectivity index (χ3v) is 10.9. The normalized spacial score (nSPS) is 43.0. The Bertz CT molecular complexity index is 1110. The number of ketones is 1. The molecule has 1 aromatic rings. The predicted molar refractivity (Wildman–Crippen MR) is 134 cm³/mol. The fourth-order valence-electron chi connectivity index (χ4n) is 9.58. The fourth-order valence-corrected chi connectivity index (χ4v) is 9.58. The maximum absolute atomic E-state index is 13.3. The first-order chi connectivity index (χ1) is 16.8. The summed E-state index contributed by atoms with van der Waals surface area (Å²) in [6, 6.07) is 2.06. The number of ether oxygens (including phenoxy) is 2. The van der Waals surface area contributed by atoms with E-state index in [0.717, 1.165) is 25.7 Å². The number of Topliss-reactive ketones (excluding diaryl/α,β-unsaturated/α-hetero) is 1. The number of hydrogen-bond donors (Lipinski definition) is 0. The number of hydrogen-bond acceptors (Lipinski definition) is 6. The third-order valence-electron chi connectivity index (χ3n) is 10.9. The Kier molecular flexibility index (Phi) is 5.66. The van der Waals surface area contributed by atoms with E-state index in [1.807, 2.05) is 20.1 Å². The Balaban J connectivity index is 1.71. The average Bonchev–Trinajstić information content (AvgIpc) is 3.41. The van der Waals surface area contributed by atoms with Gasteiger partial charge in [-0.1, -0.05) is 46.3 Å². The van der Waals surface area contributed by atoms with Crippen molar-refractivity contribution in [3.05, 3.63) is 35.8 Å². The highest BCUT2D eigenvalue weighted by Gasteiger charge is 2.73. The Hall–Kier alpha value is -2.37. The van der Waals surface area contributed by atoms with Crippen molar-refractivity contribution in [3.8, 4) is 0 Å². The van der Waals surface area contributed by atoms with E-state index >= 15 is 0 Å². The monoisotopic (exact) mass is 496 g/mol. The van der Waals surface area contributed by atoms with Gasteiger partial charge in [-0.3, -0.25) is 14.4 Å². The smallest absolute Gasteiger partial charge is 0.303 e. The third kappa shape index (κ3) is 3.24. The van der Waals surface area contributed by atoms with Gasteiger partial charge in [-0.2, -0.15) is 0 Å². The zero-order valence-electron chi connectivity index (χ0n) is 22.7. The van der Waals surface area contributed by atoms with Gasteiger partial charge in [0, 0.05) is 37.0 Å². The molecule has 0 N–H and O–H groups in total. The molecule has 8 atom stereocenters. The topological polar surface area (TPSA) is 82.8 Å². The molecule has 0 spiro atoms. The minimum Gasteiger partial charge on any atom is -0.472 e. The molecule has 6 nitrogen and oxygen atoms in total. The lowest BCUT2D eigenvalue weighted by Gasteiger charge is -2.69. The summed E-state index contributed by atoms with van der Waals surface area (Å²) in [7, 11) is 0. The van der Waals surface area contributed by atoms with E-state index in [1.54, 1.807) is 6.26 Å². The van der Waals surface area contributed by atoms with Gasteiger partial charge in [0.05, 0.1) is 12.5 Å². The van der Waals surface area contributed by atoms with E-state index in [9.17, 15) is 14.4 Å². The fraction of sp³-hybridized carbons (Fsp3) is 0.700. The standard InChI is InChI=1S/C30H40O6/c1-17(31)35-24-25-27(3,4)23(33)11-14-29(25,6)22-10-13-28(5)20(19-12-15-34-16-19)8-9-21(28)30(22,7)26(24)36-18(2)32/h9,12,15-16,20,22,24-26H,8,10-11,13-14H2,1-7H3/t20-,22-,24+,25-,26+,28-,29+,30-/m0/s1. The van der Waals surface area contributed by atoms with Crippen molar-refractivity contribution in [1.82, 2.24) is 0 Å². The summed E-state index contributed by atoms with van der Waals surface area (Å²) in [5.74, 6) is -0.393. The van der Waals surface area contributed by atoms with E-state index < -0.39 is 35.0 Å². The molecule has 0 amide bonds. The van der Waals surface area contributed by atoms with Gasteiger partial charge in [0.1, 0.15) is 18.0 Å². The van der Waals surface area contributed by atoms with Crippen LogP contribution in [0.5, 0.6) is 0 Å². The molecule has 36 heavy (non-hydrogen) atoms. The number of esters is 2. The molecular weight excluding hydrogens is 456 g/mol. The molecule has 0 radical (unpaired) electrons. The highest BCUT2D eigenvalue weighted by atomic mass is 16.6. The van der Waals surface area contributed by atoms with Gasteiger partial charge in [-0.15, -0.1) is 0 Å². The molecule has 6 heteroatoms. The van der Waals surface area contributed by atoms with Gasteiger partial charge >= 0.3 is 11.9 Å². The first-order valence-electron chi connectivity index (χ1n) is 13.4. The van der Waals surface area contributed by atoms with E-state index in [4.69, 9.17) is 13.9 Å². The first-order valence-corrected chi connectivity index (χ1v) is 13.4. The van der Waals surface area contributed by atoms with Gasteiger partial charge in [-0.05, 0) is 60.0 Å². The van der Waals surface area contributed by atoms with Crippen LogP contribution in [0.3, 0.4) is 0 Å². The summed E-state index contributed by atoms with van der Waals surface area (Å²) in [6.07, 6.45) is 8.70. The van der Waals surface area contributed by atoms with E-state index in [1.165, 1.54) is 25.0 Å². The van der Waals surface area contributed by atoms with Crippen molar-refractivity contribution in [2.75, 3.05) is 0 Å². The van der Waals surface area contributed by atoms with Gasteiger partial charge in [0.15, 0.2) is 0 Å². The lowest BCUT2D eigenvalue weighted by Crippen LogP contribution is -2.71. The number of furan rings is 1. The van der Waals surface area contributed by atoms with E-state index in [-0.39, 0.29) is 34.4 Å². The van der Waals surface area contributed by atoms with Crippen LogP contribution in [-0.4, -0.2) is 29.9 Å². The SMILES string of the molecule is CC(=O)O[C@H]1[C@@H](OC(C)=O)[C@@]2(C)C3=CC[C@@H](c4ccoc4)[C@]3(C)CC[C@H]2[C@@]2(C)CCC(=O)C(C)(C)[C@H]12. The van der Waals surface area contributed by atoms with Crippen molar-refractivity contribution in [2.24, 2.45) is 33.5 Å². The largest absolute Gasteiger partial charge is 0.472 e. The average molecular weight is 497 g/mol. The van der Waals surface area contributed by atoms with Crippen LogP contribution in [0, 0.1) is 33.5 Å². The van der Waals surface area contributed by atoms with Crippen LogP contribution in [0.2, 0.25) is 0 Å². The Morgan fingerprint density at radius 1 is 1.03 bits per heavy atom. The highest BCUT2D eigenvalue weighted by Crippen LogP contribution is 2.74. The number of carbonyl (C=O) groups excluding carboxylic acids is 3. The van der Waals surface area contributed by atoms with Gasteiger partial charge < -0.3 is 13.9 Å². The van der Waals surface area contributed by atoms with Crippen molar-refractivity contribution < 1.29 is 28.3 Å². The van der Waals surface area contributed by atoms with Crippen LogP contribution >= 0.6 is 0 Å². The molecule has 0 unspecified atom stereocenters. The van der Waals surface area contributed by atoms with E-state index in [0.29, 0.717) is 6.42 Å². The first kappa shape index (κ1) is 25.3. The van der Waals surface area contributed by atoms with Crippen molar-refractivity contribution in [1.29, 1.82) is 0 Å².